The van der Waals surface area contributed by atoms with Gasteiger partial charge in [0.05, 0.1) is 18.1 Å². The first-order valence-corrected chi connectivity index (χ1v) is 20.2. The summed E-state index contributed by atoms with van der Waals surface area (Å²) in [7, 11) is 0. The molecule has 306 valence electrons. The standard InChI is InChI=1S/C41H64O13/c1-36(2)14-16-41(35(50)54-33-29(46)26(43)22(42)19-51-33)17-15-39(6)20(21(41)18-36)8-9-24-38(5)12-11-25(37(3,4)23(38)10-13-40(24,39)7)52-34-30(47)27(44)28(45)31(53-34)32(48)49/h8,21-31,33-34,42-47H,9-19H2,1-7H3,(H,48,49)/t21-,22+,23+,24-,25+,26+,27+,28+,29-,30-,31+,33+,34-,38+,39-,40-,41+/m1/s1. The normalized spacial score (nSPS) is 52.4. The van der Waals surface area contributed by atoms with Crippen molar-refractivity contribution in [1.29, 1.82) is 0 Å². The Labute approximate surface area is 318 Å². The molecule has 0 aromatic rings. The van der Waals surface area contributed by atoms with Gasteiger partial charge >= 0.3 is 11.9 Å². The maximum atomic E-state index is 14.4. The van der Waals surface area contributed by atoms with Gasteiger partial charge in [0.2, 0.25) is 6.29 Å². The number of allylic oxidation sites excluding steroid dienone is 2. The molecule has 17 atom stereocenters. The smallest absolute Gasteiger partial charge is 0.335 e. The molecule has 0 aromatic heterocycles. The molecule has 2 heterocycles. The number of hydrogen-bond acceptors (Lipinski definition) is 12. The van der Waals surface area contributed by atoms with Gasteiger partial charge in [-0.05, 0) is 109 Å². The molecule has 2 saturated heterocycles. The summed E-state index contributed by atoms with van der Waals surface area (Å²) in [5, 5.41) is 72.0. The number of fused-ring (bicyclic) bond motifs is 7. The maximum Gasteiger partial charge on any atom is 0.335 e. The molecule has 7 aliphatic rings. The van der Waals surface area contributed by atoms with Crippen molar-refractivity contribution in [1.82, 2.24) is 0 Å². The van der Waals surface area contributed by atoms with E-state index in [1.165, 1.54) is 5.57 Å². The van der Waals surface area contributed by atoms with E-state index in [1.54, 1.807) is 0 Å². The first-order chi connectivity index (χ1) is 25.0. The summed E-state index contributed by atoms with van der Waals surface area (Å²) in [5.74, 6) is -1.33. The summed E-state index contributed by atoms with van der Waals surface area (Å²) in [6.45, 7) is 16.0. The number of aliphatic carboxylic acids is 1. The molecule has 5 aliphatic carbocycles. The Kier molecular flexibility index (Phi) is 10.1. The molecule has 0 radical (unpaired) electrons. The van der Waals surface area contributed by atoms with Crippen molar-refractivity contribution >= 4 is 11.9 Å². The lowest BCUT2D eigenvalue weighted by atomic mass is 9.33. The zero-order valence-corrected chi connectivity index (χ0v) is 32.9. The Bertz CT molecular complexity index is 1510. The van der Waals surface area contributed by atoms with E-state index in [4.69, 9.17) is 18.9 Å². The van der Waals surface area contributed by atoms with Crippen LogP contribution in [-0.2, 0) is 28.5 Å². The minimum absolute atomic E-state index is 0.00668. The van der Waals surface area contributed by atoms with Crippen LogP contribution >= 0.6 is 0 Å². The summed E-state index contributed by atoms with van der Waals surface area (Å²) in [6, 6.07) is 0. The van der Waals surface area contributed by atoms with Gasteiger partial charge in [-0.3, -0.25) is 4.79 Å². The second-order valence-electron chi connectivity index (χ2n) is 20.2. The molecule has 0 bridgehead atoms. The van der Waals surface area contributed by atoms with Crippen LogP contribution in [0.15, 0.2) is 11.6 Å². The Morgan fingerprint density at radius 2 is 1.43 bits per heavy atom. The topological polar surface area (TPSA) is 213 Å². The lowest BCUT2D eigenvalue weighted by Crippen LogP contribution is -2.66. The molecule has 13 nitrogen and oxygen atoms in total. The lowest BCUT2D eigenvalue weighted by Gasteiger charge is -2.71. The van der Waals surface area contributed by atoms with E-state index >= 15 is 0 Å². The molecule has 6 fully saturated rings. The van der Waals surface area contributed by atoms with Crippen LogP contribution in [0.5, 0.6) is 0 Å². The van der Waals surface area contributed by atoms with E-state index in [0.717, 1.165) is 44.9 Å². The fourth-order valence-corrected chi connectivity index (χ4v) is 13.3. The van der Waals surface area contributed by atoms with Crippen molar-refractivity contribution in [2.45, 2.75) is 174 Å². The fraction of sp³-hybridized carbons (Fsp3) is 0.902. The first kappa shape index (κ1) is 40.5. The summed E-state index contributed by atoms with van der Waals surface area (Å²) in [6.07, 6.45) is -3.74. The monoisotopic (exact) mass is 764 g/mol. The first-order valence-electron chi connectivity index (χ1n) is 20.2. The number of rotatable bonds is 5. The maximum absolute atomic E-state index is 14.4. The highest BCUT2D eigenvalue weighted by Gasteiger charge is 2.70. The number of esters is 1. The molecular formula is C41H64O13. The van der Waals surface area contributed by atoms with Gasteiger partial charge in [0.15, 0.2) is 12.4 Å². The number of carboxylic acids is 1. The molecular weight excluding hydrogens is 700 g/mol. The number of aliphatic hydroxyl groups is 6. The Morgan fingerprint density at radius 3 is 2.11 bits per heavy atom. The van der Waals surface area contributed by atoms with Crippen molar-refractivity contribution in [3.63, 3.8) is 0 Å². The van der Waals surface area contributed by atoms with Crippen molar-refractivity contribution in [2.75, 3.05) is 6.61 Å². The number of ether oxygens (including phenoxy) is 4. The van der Waals surface area contributed by atoms with Gasteiger partial charge in [-0.2, -0.15) is 0 Å². The third kappa shape index (κ3) is 5.88. The van der Waals surface area contributed by atoms with Gasteiger partial charge in [-0.25, -0.2) is 4.79 Å². The minimum atomic E-state index is -1.78. The minimum Gasteiger partial charge on any atom is -0.479 e. The number of carbonyl (C=O) groups is 2. The van der Waals surface area contributed by atoms with Crippen LogP contribution in [0.1, 0.15) is 113 Å². The van der Waals surface area contributed by atoms with Gasteiger partial charge in [0, 0.05) is 0 Å². The molecule has 7 N–H and O–H groups in total. The zero-order chi connectivity index (χ0) is 39.6. The summed E-state index contributed by atoms with van der Waals surface area (Å²) < 4.78 is 23.4. The lowest BCUT2D eigenvalue weighted by molar-refractivity contribution is -0.324. The number of aliphatic hydroxyl groups excluding tert-OH is 6. The van der Waals surface area contributed by atoms with Gasteiger partial charge in [0.1, 0.15) is 36.6 Å². The second kappa shape index (κ2) is 13.4. The van der Waals surface area contributed by atoms with Crippen molar-refractivity contribution in [3.05, 3.63) is 11.6 Å². The molecule has 13 heteroatoms. The van der Waals surface area contributed by atoms with Crippen LogP contribution in [0.2, 0.25) is 0 Å². The number of carboxylic acid groups (broad SMARTS) is 1. The highest BCUT2D eigenvalue weighted by Crippen LogP contribution is 2.76. The fourth-order valence-electron chi connectivity index (χ4n) is 13.3. The highest BCUT2D eigenvalue weighted by atomic mass is 16.7. The van der Waals surface area contributed by atoms with Crippen LogP contribution in [-0.4, -0.2) is 116 Å². The third-order valence-electron chi connectivity index (χ3n) is 16.8. The van der Waals surface area contributed by atoms with E-state index in [-0.39, 0.29) is 46.2 Å². The quantitative estimate of drug-likeness (QED) is 0.122. The molecule has 4 saturated carbocycles. The van der Waals surface area contributed by atoms with E-state index in [0.29, 0.717) is 25.2 Å². The second-order valence-corrected chi connectivity index (χ2v) is 20.2. The predicted molar refractivity (Wildman–Crippen MR) is 192 cm³/mol. The molecule has 7 rings (SSSR count). The van der Waals surface area contributed by atoms with E-state index in [1.807, 2.05) is 0 Å². The molecule has 0 amide bonds. The van der Waals surface area contributed by atoms with E-state index in [9.17, 15) is 45.3 Å². The van der Waals surface area contributed by atoms with Gasteiger partial charge in [-0.1, -0.05) is 60.1 Å². The average molecular weight is 765 g/mol. The Hall–Kier alpha value is -1.68. The van der Waals surface area contributed by atoms with Gasteiger partial charge < -0.3 is 54.7 Å². The number of hydrogen-bond donors (Lipinski definition) is 7. The summed E-state index contributed by atoms with van der Waals surface area (Å²) in [5.41, 5.74) is -0.179. The molecule has 0 unspecified atom stereocenters. The van der Waals surface area contributed by atoms with Crippen molar-refractivity contribution < 1.29 is 64.3 Å². The molecule has 0 spiro atoms. The predicted octanol–water partition coefficient (Wildman–Crippen LogP) is 3.05. The van der Waals surface area contributed by atoms with Gasteiger partial charge in [-0.15, -0.1) is 0 Å². The Morgan fingerprint density at radius 1 is 0.759 bits per heavy atom. The van der Waals surface area contributed by atoms with Crippen LogP contribution in [0, 0.1) is 50.2 Å². The summed E-state index contributed by atoms with van der Waals surface area (Å²) >= 11 is 0. The van der Waals surface area contributed by atoms with Crippen molar-refractivity contribution in [2.24, 2.45) is 50.2 Å². The Balaban J connectivity index is 1.16. The average Bonchev–Trinajstić information content (AvgIpc) is 3.09. The molecule has 54 heavy (non-hydrogen) atoms. The van der Waals surface area contributed by atoms with Crippen LogP contribution in [0.25, 0.3) is 0 Å². The third-order valence-corrected chi connectivity index (χ3v) is 16.8. The largest absolute Gasteiger partial charge is 0.479 e. The van der Waals surface area contributed by atoms with Crippen LogP contribution < -0.4 is 0 Å². The highest BCUT2D eigenvalue weighted by molar-refractivity contribution is 5.79. The van der Waals surface area contributed by atoms with Crippen LogP contribution in [0.4, 0.5) is 0 Å². The molecule has 0 aromatic carbocycles. The van der Waals surface area contributed by atoms with Gasteiger partial charge in [0.25, 0.3) is 0 Å². The zero-order valence-electron chi connectivity index (χ0n) is 32.9. The molecule has 2 aliphatic heterocycles. The van der Waals surface area contributed by atoms with E-state index in [2.05, 4.69) is 54.5 Å². The number of carbonyl (C=O) groups excluding carboxylic acids is 1. The van der Waals surface area contributed by atoms with E-state index < -0.39 is 78.1 Å². The summed E-state index contributed by atoms with van der Waals surface area (Å²) in [4.78, 5) is 26.2. The van der Waals surface area contributed by atoms with Crippen LogP contribution in [0.3, 0.4) is 0 Å². The SMILES string of the molecule is CC1(C)CC[C@]2(C(=O)O[C@@H]3OC[C@H](O)[C@H](O)[C@H]3O)CC[C@]3(C)C(=CC[C@@H]4[C@@]5(C)CC[C@H](O[C@@H]6O[C@H](C(=O)O)[C@@H](O)[C@H](O)[C@H]6O)C(C)(C)[C@@H]5CC[C@]43C)[C@H]2C1. The van der Waals surface area contributed by atoms with Crippen molar-refractivity contribution in [3.8, 4) is 0 Å².